The van der Waals surface area contributed by atoms with E-state index in [0.717, 1.165) is 11.1 Å². The van der Waals surface area contributed by atoms with Gasteiger partial charge in [0.25, 0.3) is 5.91 Å². The Morgan fingerprint density at radius 3 is 2.27 bits per heavy atom. The molecule has 1 aliphatic rings. The third kappa shape index (κ3) is 6.82. The lowest BCUT2D eigenvalue weighted by Gasteiger charge is -2.31. The normalized spacial score (nSPS) is 13.7. The Bertz CT molecular complexity index is 1220. The fraction of sp³-hybridized carbons (Fsp3) is 0.300. The summed E-state index contributed by atoms with van der Waals surface area (Å²) in [6, 6.07) is 22.6. The predicted octanol–water partition coefficient (Wildman–Crippen LogP) is 5.02. The van der Waals surface area contributed by atoms with Crippen molar-refractivity contribution in [3.05, 3.63) is 101 Å². The number of anilines is 1. The molecule has 0 aliphatic carbocycles. The Hall–Kier alpha value is -4.00. The van der Waals surface area contributed by atoms with Crippen LogP contribution in [0.15, 0.2) is 78.9 Å². The minimum Gasteiger partial charge on any atom is -0.466 e. The molecule has 0 unspecified atom stereocenters. The smallest absolute Gasteiger partial charge is 0.309 e. The molecule has 0 N–H and O–H groups in total. The third-order valence-electron chi connectivity index (χ3n) is 6.57. The van der Waals surface area contributed by atoms with E-state index < -0.39 is 5.82 Å². The van der Waals surface area contributed by atoms with Gasteiger partial charge in [-0.15, -0.1) is 0 Å². The van der Waals surface area contributed by atoms with E-state index in [1.165, 1.54) is 18.2 Å². The summed E-state index contributed by atoms with van der Waals surface area (Å²) in [5, 5.41) is 0. The van der Waals surface area contributed by atoms with Gasteiger partial charge in [0.15, 0.2) is 0 Å². The molecule has 1 aliphatic heterocycles. The number of halogens is 1. The average molecular weight is 503 g/mol. The zero-order valence-electron chi connectivity index (χ0n) is 20.9. The van der Waals surface area contributed by atoms with Gasteiger partial charge in [0.1, 0.15) is 5.82 Å². The van der Waals surface area contributed by atoms with Gasteiger partial charge in [0.05, 0.1) is 25.5 Å². The first kappa shape index (κ1) is 26.1. The molecule has 0 spiro atoms. The number of ether oxygens (including phenoxy) is 1. The minimum atomic E-state index is -0.467. The van der Waals surface area contributed by atoms with Gasteiger partial charge in [-0.3, -0.25) is 14.4 Å². The molecule has 192 valence electrons. The van der Waals surface area contributed by atoms with Crippen molar-refractivity contribution in [2.45, 2.75) is 32.7 Å². The fourth-order valence-electron chi connectivity index (χ4n) is 4.53. The van der Waals surface area contributed by atoms with Crippen molar-refractivity contribution in [3.8, 4) is 0 Å². The number of esters is 1. The lowest BCUT2D eigenvalue weighted by molar-refractivity contribution is -0.151. The summed E-state index contributed by atoms with van der Waals surface area (Å²) in [5.41, 5.74) is 2.70. The van der Waals surface area contributed by atoms with Crippen molar-refractivity contribution in [1.29, 1.82) is 0 Å². The minimum absolute atomic E-state index is 0.00652. The maximum absolute atomic E-state index is 13.8. The maximum atomic E-state index is 13.8. The number of hydrogen-bond donors (Lipinski definition) is 0. The first-order valence-electron chi connectivity index (χ1n) is 12.6. The van der Waals surface area contributed by atoms with Crippen molar-refractivity contribution < 1.29 is 23.5 Å². The van der Waals surface area contributed by atoms with E-state index in [1.54, 1.807) is 22.8 Å². The highest BCUT2D eigenvalue weighted by atomic mass is 19.1. The lowest BCUT2D eigenvalue weighted by atomic mass is 9.96. The van der Waals surface area contributed by atoms with Crippen molar-refractivity contribution in [2.75, 3.05) is 24.6 Å². The average Bonchev–Trinajstić information content (AvgIpc) is 2.92. The van der Waals surface area contributed by atoms with Crippen LogP contribution in [-0.4, -0.2) is 42.4 Å². The Balaban J connectivity index is 1.44. The molecule has 0 radical (unpaired) electrons. The summed E-state index contributed by atoms with van der Waals surface area (Å²) in [4.78, 5) is 41.6. The van der Waals surface area contributed by atoms with Crippen molar-refractivity contribution in [2.24, 2.45) is 5.92 Å². The van der Waals surface area contributed by atoms with Gasteiger partial charge in [-0.05, 0) is 61.2 Å². The summed E-state index contributed by atoms with van der Waals surface area (Å²) >= 11 is 0. The largest absolute Gasteiger partial charge is 0.466 e. The number of amides is 2. The molecule has 0 atom stereocenters. The molecule has 2 amide bonds. The second kappa shape index (κ2) is 12.3. The molecule has 0 aromatic heterocycles. The SMILES string of the molecule is CCOC(=O)C1CCN(C(=O)Cc2ccc(N(Cc3ccccc3)C(=O)c3cccc(F)c3)cc2)CC1. The van der Waals surface area contributed by atoms with Crippen LogP contribution in [0.3, 0.4) is 0 Å². The van der Waals surface area contributed by atoms with Crippen LogP contribution in [0.1, 0.15) is 41.3 Å². The summed E-state index contributed by atoms with van der Waals surface area (Å²) < 4.78 is 18.9. The third-order valence-corrected chi connectivity index (χ3v) is 6.57. The highest BCUT2D eigenvalue weighted by Crippen LogP contribution is 2.23. The van der Waals surface area contributed by atoms with Crippen LogP contribution < -0.4 is 4.90 Å². The van der Waals surface area contributed by atoms with Gasteiger partial charge in [-0.25, -0.2) is 4.39 Å². The first-order chi connectivity index (χ1) is 17.9. The number of hydrogen-bond acceptors (Lipinski definition) is 4. The van der Waals surface area contributed by atoms with E-state index in [4.69, 9.17) is 4.74 Å². The van der Waals surface area contributed by atoms with Crippen LogP contribution in [0.25, 0.3) is 0 Å². The van der Waals surface area contributed by atoms with Gasteiger partial charge in [0, 0.05) is 24.3 Å². The number of benzene rings is 3. The van der Waals surface area contributed by atoms with Gasteiger partial charge < -0.3 is 14.5 Å². The van der Waals surface area contributed by atoms with Crippen LogP contribution in [0.4, 0.5) is 10.1 Å². The van der Waals surface area contributed by atoms with Gasteiger partial charge in [-0.2, -0.15) is 0 Å². The number of likely N-dealkylation sites (tertiary alicyclic amines) is 1. The molecule has 7 heteroatoms. The van der Waals surface area contributed by atoms with Crippen LogP contribution in [0.5, 0.6) is 0 Å². The van der Waals surface area contributed by atoms with Gasteiger partial charge >= 0.3 is 5.97 Å². The summed E-state index contributed by atoms with van der Waals surface area (Å²) in [6.07, 6.45) is 1.46. The Kier molecular flexibility index (Phi) is 8.67. The van der Waals surface area contributed by atoms with Crippen LogP contribution in [0, 0.1) is 11.7 Å². The highest BCUT2D eigenvalue weighted by molar-refractivity contribution is 6.06. The Morgan fingerprint density at radius 2 is 1.62 bits per heavy atom. The van der Waals surface area contributed by atoms with Crippen molar-refractivity contribution in [3.63, 3.8) is 0 Å². The van der Waals surface area contributed by atoms with E-state index in [2.05, 4.69) is 0 Å². The summed E-state index contributed by atoms with van der Waals surface area (Å²) in [5.74, 6) is -1.10. The van der Waals surface area contributed by atoms with Crippen LogP contribution >= 0.6 is 0 Å². The molecular weight excluding hydrogens is 471 g/mol. The number of piperidine rings is 1. The molecule has 37 heavy (non-hydrogen) atoms. The van der Waals surface area contributed by atoms with Gasteiger partial charge in [-0.1, -0.05) is 48.5 Å². The maximum Gasteiger partial charge on any atom is 0.309 e. The second-order valence-corrected chi connectivity index (χ2v) is 9.14. The number of carbonyl (C=O) groups is 3. The molecule has 4 rings (SSSR count). The van der Waals surface area contributed by atoms with Crippen molar-refractivity contribution in [1.82, 2.24) is 4.90 Å². The molecular formula is C30H31FN2O4. The highest BCUT2D eigenvalue weighted by Gasteiger charge is 2.28. The first-order valence-corrected chi connectivity index (χ1v) is 12.6. The zero-order chi connectivity index (χ0) is 26.2. The van der Waals surface area contributed by atoms with E-state index in [0.29, 0.717) is 44.8 Å². The number of carbonyl (C=O) groups excluding carboxylic acids is 3. The van der Waals surface area contributed by atoms with E-state index in [9.17, 15) is 18.8 Å². The second-order valence-electron chi connectivity index (χ2n) is 9.14. The molecule has 3 aromatic carbocycles. The standard InChI is InChI=1S/C30H31FN2O4/c1-2-37-30(36)24-15-17-32(18-16-24)28(34)19-22-11-13-27(14-12-22)33(21-23-7-4-3-5-8-23)29(35)25-9-6-10-26(31)20-25/h3-14,20,24H,2,15-19,21H2,1H3. The van der Waals surface area contributed by atoms with Crippen LogP contribution in [-0.2, 0) is 27.3 Å². The fourth-order valence-corrected chi connectivity index (χ4v) is 4.53. The Morgan fingerprint density at radius 1 is 0.919 bits per heavy atom. The zero-order valence-corrected chi connectivity index (χ0v) is 20.9. The molecule has 1 fully saturated rings. The van der Waals surface area contributed by atoms with Crippen LogP contribution in [0.2, 0.25) is 0 Å². The Labute approximate surface area is 216 Å². The van der Waals surface area contributed by atoms with Gasteiger partial charge in [0.2, 0.25) is 5.91 Å². The molecule has 6 nitrogen and oxygen atoms in total. The molecule has 0 bridgehead atoms. The van der Waals surface area contributed by atoms with E-state index in [-0.39, 0.29) is 35.7 Å². The van der Waals surface area contributed by atoms with E-state index in [1.807, 2.05) is 54.6 Å². The molecule has 1 saturated heterocycles. The number of rotatable bonds is 8. The summed E-state index contributed by atoms with van der Waals surface area (Å²) in [6.45, 7) is 3.55. The van der Waals surface area contributed by atoms with E-state index >= 15 is 0 Å². The molecule has 1 heterocycles. The monoisotopic (exact) mass is 502 g/mol. The topological polar surface area (TPSA) is 66.9 Å². The summed E-state index contributed by atoms with van der Waals surface area (Å²) in [7, 11) is 0. The molecule has 3 aromatic rings. The van der Waals surface area contributed by atoms with Crippen molar-refractivity contribution >= 4 is 23.5 Å². The molecule has 0 saturated carbocycles. The quantitative estimate of drug-likeness (QED) is 0.406. The number of nitrogens with zero attached hydrogens (tertiary/aromatic N) is 2. The predicted molar refractivity (Wildman–Crippen MR) is 139 cm³/mol. The lowest BCUT2D eigenvalue weighted by Crippen LogP contribution is -2.41.